The fraction of sp³-hybridized carbons (Fsp3) is 0.111. The molecule has 1 fully saturated rings. The van der Waals surface area contributed by atoms with Crippen molar-refractivity contribution in [1.29, 1.82) is 0 Å². The summed E-state index contributed by atoms with van der Waals surface area (Å²) in [5.74, 6) is 0.249. The summed E-state index contributed by atoms with van der Waals surface area (Å²) in [4.78, 5) is 1.43. The zero-order valence-electron chi connectivity index (χ0n) is 27.6. The van der Waals surface area contributed by atoms with Crippen molar-refractivity contribution in [2.24, 2.45) is 0 Å². The molecule has 4 heterocycles. The van der Waals surface area contributed by atoms with Crippen molar-refractivity contribution < 1.29 is 4.42 Å². The van der Waals surface area contributed by atoms with Gasteiger partial charge in [0.15, 0.2) is 0 Å². The van der Waals surface area contributed by atoms with Crippen molar-refractivity contribution in [3.05, 3.63) is 172 Å². The Hall–Kier alpha value is -5.08. The summed E-state index contributed by atoms with van der Waals surface area (Å²) in [5, 5.41) is 18.1. The smallest absolute Gasteiger partial charge is 0.141 e. The molecule has 1 aliphatic carbocycles. The third-order valence-corrected chi connectivity index (χ3v) is 13.3. The topological polar surface area (TPSA) is 49.2 Å². The Morgan fingerprint density at radius 3 is 1.88 bits per heavy atom. The number of hydrogen-bond acceptors (Lipinski definition) is 6. The van der Waals surface area contributed by atoms with Crippen LogP contribution in [0, 0.1) is 0 Å². The Balaban J connectivity index is 1.05. The number of allylic oxidation sites excluding steroid dienone is 1. The van der Waals surface area contributed by atoms with Gasteiger partial charge in [-0.3, -0.25) is 16.0 Å². The molecule has 0 amide bonds. The average Bonchev–Trinajstić information content (AvgIpc) is 3.89. The number of fused-ring (bicyclic) bond motifs is 9. The molecule has 246 valence electrons. The van der Waals surface area contributed by atoms with E-state index < -0.39 is 0 Å². The van der Waals surface area contributed by atoms with Crippen molar-refractivity contribution >= 4 is 80.9 Å². The van der Waals surface area contributed by atoms with Crippen molar-refractivity contribution in [1.82, 2.24) is 16.0 Å². The molecule has 1 aliphatic heterocycles. The third-order valence-electron chi connectivity index (χ3n) is 10.8. The van der Waals surface area contributed by atoms with Gasteiger partial charge in [-0.15, -0.1) is 22.7 Å². The lowest BCUT2D eigenvalue weighted by atomic mass is 9.86. The van der Waals surface area contributed by atoms with E-state index in [2.05, 4.69) is 162 Å². The van der Waals surface area contributed by atoms with Gasteiger partial charge in [-0.25, -0.2) is 0 Å². The summed E-state index contributed by atoms with van der Waals surface area (Å²) in [7, 11) is 0. The van der Waals surface area contributed by atoms with Crippen molar-refractivity contribution in [3.63, 3.8) is 0 Å². The highest BCUT2D eigenvalue weighted by Gasteiger charge is 2.33. The largest absolute Gasteiger partial charge is 0.455 e. The SMILES string of the molecule is C1=Cc2c(sc3ccccc23)C(c2cccc3c2oc2c(C4NC(c5ccccc5)NC(c5cccc6c5sc5ccccc56)N4)cccc23)C1. The molecular weight excluding hydrogens is 663 g/mol. The Labute approximate surface area is 303 Å². The minimum Gasteiger partial charge on any atom is -0.455 e. The van der Waals surface area contributed by atoms with Gasteiger partial charge in [0.2, 0.25) is 0 Å². The van der Waals surface area contributed by atoms with E-state index in [1.54, 1.807) is 0 Å². The standard InChI is InChI=1S/C45H33N3OS2/c1-2-12-26(13-3-1)43-46-44(48-45(47-43)36-23-11-20-33-28-15-5-7-25-38(28)51-42(33)36)35-22-9-17-30-29-16-8-18-31(39(29)49-40(30)35)34-21-10-19-32-27-14-4-6-24-37(27)50-41(32)34/h1-20,22-25,34,43-48H,21H2. The van der Waals surface area contributed by atoms with Gasteiger partial charge in [-0.1, -0.05) is 133 Å². The molecule has 9 aromatic rings. The number of furan rings is 1. The van der Waals surface area contributed by atoms with Gasteiger partial charge in [0.25, 0.3) is 0 Å². The normalized spacial score (nSPS) is 20.5. The second kappa shape index (κ2) is 11.7. The maximum absolute atomic E-state index is 7.08. The molecule has 4 unspecified atom stereocenters. The van der Waals surface area contributed by atoms with Crippen LogP contribution in [-0.4, -0.2) is 0 Å². The molecule has 0 saturated carbocycles. The van der Waals surface area contributed by atoms with Gasteiger partial charge in [0.05, 0.1) is 18.5 Å². The lowest BCUT2D eigenvalue weighted by molar-refractivity contribution is 0.204. The van der Waals surface area contributed by atoms with Gasteiger partial charge in [0, 0.05) is 63.1 Å². The first-order valence-electron chi connectivity index (χ1n) is 17.6. The lowest BCUT2D eigenvalue weighted by Crippen LogP contribution is -2.54. The van der Waals surface area contributed by atoms with Crippen molar-refractivity contribution in [3.8, 4) is 0 Å². The predicted molar refractivity (Wildman–Crippen MR) is 214 cm³/mol. The fourth-order valence-corrected chi connectivity index (χ4v) is 11.0. The van der Waals surface area contributed by atoms with Crippen LogP contribution in [0.3, 0.4) is 0 Å². The summed E-state index contributed by atoms with van der Waals surface area (Å²) in [6.07, 6.45) is 5.25. The summed E-state index contributed by atoms with van der Waals surface area (Å²) in [6.45, 7) is 0. The molecule has 2 aliphatic rings. The fourth-order valence-electron chi connectivity index (χ4n) is 8.42. The van der Waals surface area contributed by atoms with E-state index in [9.17, 15) is 0 Å². The average molecular weight is 696 g/mol. The van der Waals surface area contributed by atoms with Gasteiger partial charge in [-0.2, -0.15) is 0 Å². The molecule has 3 N–H and O–H groups in total. The maximum atomic E-state index is 7.08. The van der Waals surface area contributed by atoms with E-state index in [1.165, 1.54) is 62.8 Å². The summed E-state index contributed by atoms with van der Waals surface area (Å²) in [6, 6.07) is 48.2. The Morgan fingerprint density at radius 2 is 1.08 bits per heavy atom. The van der Waals surface area contributed by atoms with Crippen LogP contribution in [0.15, 0.2) is 144 Å². The Bertz CT molecular complexity index is 2810. The molecule has 6 aromatic carbocycles. The van der Waals surface area contributed by atoms with Gasteiger partial charge >= 0.3 is 0 Å². The first kappa shape index (κ1) is 29.6. The minimum atomic E-state index is -0.175. The van der Waals surface area contributed by atoms with E-state index in [0.717, 1.165) is 28.5 Å². The van der Waals surface area contributed by atoms with Crippen LogP contribution in [0.5, 0.6) is 0 Å². The second-order valence-electron chi connectivity index (χ2n) is 13.6. The molecule has 51 heavy (non-hydrogen) atoms. The van der Waals surface area contributed by atoms with Gasteiger partial charge < -0.3 is 4.42 Å². The monoisotopic (exact) mass is 695 g/mol. The van der Waals surface area contributed by atoms with Gasteiger partial charge in [-0.05, 0) is 35.1 Å². The highest BCUT2D eigenvalue weighted by molar-refractivity contribution is 7.26. The molecule has 0 spiro atoms. The van der Waals surface area contributed by atoms with Crippen molar-refractivity contribution in [2.45, 2.75) is 30.8 Å². The van der Waals surface area contributed by atoms with E-state index in [4.69, 9.17) is 4.42 Å². The number of thiophene rings is 2. The quantitative estimate of drug-likeness (QED) is 0.172. The molecule has 11 rings (SSSR count). The molecule has 1 saturated heterocycles. The molecular formula is C45H33N3OS2. The second-order valence-corrected chi connectivity index (χ2v) is 15.8. The number of nitrogens with one attached hydrogen (secondary N) is 3. The van der Waals surface area contributed by atoms with Crippen LogP contribution >= 0.6 is 22.7 Å². The molecule has 4 nitrogen and oxygen atoms in total. The Morgan fingerprint density at radius 1 is 0.490 bits per heavy atom. The van der Waals surface area contributed by atoms with Crippen LogP contribution in [0.25, 0.3) is 58.3 Å². The van der Waals surface area contributed by atoms with Crippen molar-refractivity contribution in [2.75, 3.05) is 0 Å². The highest BCUT2D eigenvalue weighted by Crippen LogP contribution is 2.47. The molecule has 6 heteroatoms. The lowest BCUT2D eigenvalue weighted by Gasteiger charge is -2.39. The number of para-hydroxylation sites is 2. The minimum absolute atomic E-state index is 0.0808. The van der Waals surface area contributed by atoms with E-state index in [0.29, 0.717) is 0 Å². The number of rotatable bonds is 4. The summed E-state index contributed by atoms with van der Waals surface area (Å²) < 4.78 is 11.0. The third kappa shape index (κ3) is 4.68. The number of benzene rings is 6. The molecule has 0 radical (unpaired) electrons. The van der Waals surface area contributed by atoms with Crippen LogP contribution in [0.1, 0.15) is 63.5 Å². The van der Waals surface area contributed by atoms with Crippen LogP contribution in [0.2, 0.25) is 0 Å². The zero-order chi connectivity index (χ0) is 33.5. The highest BCUT2D eigenvalue weighted by atomic mass is 32.1. The summed E-state index contributed by atoms with van der Waals surface area (Å²) in [5.41, 5.74) is 8.09. The number of hydrogen-bond donors (Lipinski definition) is 3. The predicted octanol–water partition coefficient (Wildman–Crippen LogP) is 11.9. The molecule has 0 bridgehead atoms. The first-order chi connectivity index (χ1) is 25.3. The molecule has 3 aromatic heterocycles. The Kier molecular flexibility index (Phi) is 6.82. The van der Waals surface area contributed by atoms with E-state index in [-0.39, 0.29) is 24.4 Å². The van der Waals surface area contributed by atoms with E-state index in [1.807, 2.05) is 22.7 Å². The first-order valence-corrected chi connectivity index (χ1v) is 19.3. The maximum Gasteiger partial charge on any atom is 0.141 e. The van der Waals surface area contributed by atoms with Crippen LogP contribution in [0.4, 0.5) is 0 Å². The van der Waals surface area contributed by atoms with E-state index >= 15 is 0 Å². The van der Waals surface area contributed by atoms with Gasteiger partial charge in [0.1, 0.15) is 11.2 Å². The van der Waals surface area contributed by atoms with Crippen LogP contribution in [-0.2, 0) is 0 Å². The molecule has 4 atom stereocenters. The zero-order valence-corrected chi connectivity index (χ0v) is 29.2. The van der Waals surface area contributed by atoms with Crippen LogP contribution < -0.4 is 16.0 Å². The summed E-state index contributed by atoms with van der Waals surface area (Å²) >= 11 is 3.79.